The first kappa shape index (κ1) is 6.35. The van der Waals surface area contributed by atoms with E-state index in [1.165, 1.54) is 6.20 Å². The van der Waals surface area contributed by atoms with E-state index in [0.29, 0.717) is 12.0 Å². The van der Waals surface area contributed by atoms with Crippen molar-refractivity contribution in [3.05, 3.63) is 24.0 Å². The van der Waals surface area contributed by atoms with Gasteiger partial charge in [0.1, 0.15) is 0 Å². The average molecular weight is 145 g/mol. The van der Waals surface area contributed by atoms with Crippen LogP contribution in [0.25, 0.3) is 0 Å². The number of halogens is 1. The molecule has 0 spiro atoms. The van der Waals surface area contributed by atoms with Crippen molar-refractivity contribution in [3.63, 3.8) is 0 Å². The highest BCUT2D eigenvalue weighted by atomic mass is 32.2. The number of carbonyl (C=O) groups is 1. The van der Waals surface area contributed by atoms with Gasteiger partial charge < -0.3 is 0 Å². The van der Waals surface area contributed by atoms with Crippen LogP contribution in [-0.2, 0) is 0 Å². The van der Waals surface area contributed by atoms with Crippen molar-refractivity contribution in [3.8, 4) is 0 Å². The Balaban J connectivity index is 2.98. The topological polar surface area (TPSA) is 22.0 Å². The first-order chi connectivity index (χ1) is 4.38. The van der Waals surface area contributed by atoms with Gasteiger partial charge in [-0.3, -0.25) is 8.77 Å². The molecule has 9 heavy (non-hydrogen) atoms. The van der Waals surface area contributed by atoms with E-state index in [-0.39, 0.29) is 12.3 Å². The molecule has 0 N–H and O–H groups in total. The number of rotatable bonds is 2. The summed E-state index contributed by atoms with van der Waals surface area (Å²) in [7, 11) is 0. The summed E-state index contributed by atoms with van der Waals surface area (Å²) in [6, 6.07) is 3.15. The minimum atomic E-state index is 0.0121. The molecule has 4 heteroatoms. The number of aldehydes is 1. The summed E-state index contributed by atoms with van der Waals surface area (Å²) >= 11 is 0.0121. The van der Waals surface area contributed by atoms with Crippen LogP contribution in [0.4, 0.5) is 3.89 Å². The Hall–Kier alpha value is -0.770. The van der Waals surface area contributed by atoms with Gasteiger partial charge in [0.25, 0.3) is 0 Å². The highest BCUT2D eigenvalue weighted by Gasteiger charge is 1.96. The number of hydrogen-bond donors (Lipinski definition) is 0. The molecule has 0 bridgehead atoms. The Morgan fingerprint density at radius 1 is 1.78 bits per heavy atom. The minimum Gasteiger partial charge on any atom is -0.296 e. The van der Waals surface area contributed by atoms with Crippen LogP contribution in [-0.4, -0.2) is 10.3 Å². The van der Waals surface area contributed by atoms with Crippen LogP contribution in [0.1, 0.15) is 10.5 Å². The van der Waals surface area contributed by atoms with E-state index in [0.717, 1.165) is 3.97 Å². The molecule has 0 unspecified atom stereocenters. The molecule has 48 valence electrons. The SMILES string of the molecule is O=Cc1cccn1SF. The van der Waals surface area contributed by atoms with Gasteiger partial charge in [-0.15, -0.1) is 3.89 Å². The maximum absolute atomic E-state index is 11.7. The van der Waals surface area contributed by atoms with Crippen molar-refractivity contribution in [1.29, 1.82) is 0 Å². The Labute approximate surface area is 56.1 Å². The van der Waals surface area contributed by atoms with E-state index in [1.807, 2.05) is 0 Å². The predicted octanol–water partition coefficient (Wildman–Crippen LogP) is 1.68. The lowest BCUT2D eigenvalue weighted by Gasteiger charge is -1.90. The summed E-state index contributed by atoms with van der Waals surface area (Å²) in [6.07, 6.45) is 2.08. The molecule has 0 aliphatic rings. The van der Waals surface area contributed by atoms with Gasteiger partial charge in [0.15, 0.2) is 18.6 Å². The molecular weight excluding hydrogens is 141 g/mol. The number of aromatic nitrogens is 1. The van der Waals surface area contributed by atoms with E-state index in [9.17, 15) is 8.68 Å². The molecular formula is C5H4FNOS. The third-order valence-electron chi connectivity index (χ3n) is 0.938. The molecule has 0 saturated carbocycles. The zero-order valence-corrected chi connectivity index (χ0v) is 5.27. The molecule has 1 heterocycles. The van der Waals surface area contributed by atoms with Crippen LogP contribution in [0.2, 0.25) is 0 Å². The Kier molecular flexibility index (Phi) is 1.89. The molecule has 0 aromatic carbocycles. The summed E-state index contributed by atoms with van der Waals surface area (Å²) in [5, 5.41) is 0. The molecule has 0 fully saturated rings. The van der Waals surface area contributed by atoms with Gasteiger partial charge >= 0.3 is 0 Å². The van der Waals surface area contributed by atoms with E-state index < -0.39 is 0 Å². The lowest BCUT2D eigenvalue weighted by atomic mass is 10.5. The Morgan fingerprint density at radius 3 is 3.00 bits per heavy atom. The van der Waals surface area contributed by atoms with Gasteiger partial charge in [0, 0.05) is 6.20 Å². The molecule has 0 radical (unpaired) electrons. The maximum atomic E-state index is 11.7. The molecule has 0 aliphatic heterocycles. The largest absolute Gasteiger partial charge is 0.296 e. The van der Waals surface area contributed by atoms with Crippen molar-refractivity contribution >= 4 is 18.6 Å². The van der Waals surface area contributed by atoms with Gasteiger partial charge in [0.05, 0.1) is 5.69 Å². The lowest BCUT2D eigenvalue weighted by Crippen LogP contribution is -1.86. The molecule has 0 saturated heterocycles. The molecule has 0 amide bonds. The number of hydrogen-bond acceptors (Lipinski definition) is 2. The van der Waals surface area contributed by atoms with Crippen LogP contribution in [0.15, 0.2) is 18.3 Å². The van der Waals surface area contributed by atoms with Crippen molar-refractivity contribution in [2.45, 2.75) is 0 Å². The summed E-state index contributed by atoms with van der Waals surface area (Å²) in [5.41, 5.74) is 0.336. The van der Waals surface area contributed by atoms with Crippen molar-refractivity contribution in [2.24, 2.45) is 0 Å². The first-order valence-corrected chi connectivity index (χ1v) is 2.97. The molecule has 0 aliphatic carbocycles. The summed E-state index contributed by atoms with van der Waals surface area (Å²) in [4.78, 5) is 10.0. The monoisotopic (exact) mass is 145 g/mol. The number of nitrogens with zero attached hydrogens (tertiary/aromatic N) is 1. The van der Waals surface area contributed by atoms with E-state index in [2.05, 4.69) is 0 Å². The first-order valence-electron chi connectivity index (χ1n) is 2.30. The third-order valence-corrected chi connectivity index (χ3v) is 1.42. The van der Waals surface area contributed by atoms with Crippen LogP contribution < -0.4 is 0 Å². The molecule has 0 atom stereocenters. The molecule has 1 aromatic heterocycles. The highest BCUT2D eigenvalue weighted by Crippen LogP contribution is 2.10. The second-order valence-corrected chi connectivity index (χ2v) is 1.98. The smallest absolute Gasteiger partial charge is 0.169 e. The normalized spacial score (nSPS) is 9.44. The molecule has 1 aromatic rings. The minimum absolute atomic E-state index is 0.0121. The fourth-order valence-corrected chi connectivity index (χ4v) is 0.833. The molecule has 2 nitrogen and oxygen atoms in total. The van der Waals surface area contributed by atoms with Gasteiger partial charge in [-0.25, -0.2) is 0 Å². The Bertz CT molecular complexity index is 210. The summed E-state index contributed by atoms with van der Waals surface area (Å²) in [5.74, 6) is 0. The van der Waals surface area contributed by atoms with Crippen LogP contribution >= 0.6 is 12.3 Å². The van der Waals surface area contributed by atoms with Gasteiger partial charge in [0.2, 0.25) is 0 Å². The molecule has 1 rings (SSSR count). The van der Waals surface area contributed by atoms with Gasteiger partial charge in [-0.1, -0.05) is 0 Å². The fraction of sp³-hybridized carbons (Fsp3) is 0. The standard InChI is InChI=1S/C5H4FNOS/c6-9-7-3-1-2-5(7)4-8/h1-4H. The zero-order valence-electron chi connectivity index (χ0n) is 4.45. The van der Waals surface area contributed by atoms with Gasteiger partial charge in [-0.2, -0.15) is 0 Å². The maximum Gasteiger partial charge on any atom is 0.169 e. The van der Waals surface area contributed by atoms with Crippen LogP contribution in [0.5, 0.6) is 0 Å². The number of carbonyl (C=O) groups excluding carboxylic acids is 1. The van der Waals surface area contributed by atoms with Crippen LogP contribution in [0.3, 0.4) is 0 Å². The fourth-order valence-electron chi connectivity index (χ4n) is 0.533. The Morgan fingerprint density at radius 2 is 2.56 bits per heavy atom. The summed E-state index contributed by atoms with van der Waals surface area (Å²) in [6.45, 7) is 0. The lowest BCUT2D eigenvalue weighted by molar-refractivity contribution is 0.111. The van der Waals surface area contributed by atoms with Crippen molar-refractivity contribution < 1.29 is 8.68 Å². The van der Waals surface area contributed by atoms with E-state index in [4.69, 9.17) is 0 Å². The second-order valence-electron chi connectivity index (χ2n) is 1.45. The predicted molar refractivity (Wildman–Crippen MR) is 33.9 cm³/mol. The van der Waals surface area contributed by atoms with E-state index in [1.54, 1.807) is 12.1 Å². The van der Waals surface area contributed by atoms with Crippen LogP contribution in [0, 0.1) is 0 Å². The van der Waals surface area contributed by atoms with Gasteiger partial charge in [-0.05, 0) is 12.1 Å². The highest BCUT2D eigenvalue weighted by molar-refractivity contribution is 7.92. The third kappa shape index (κ3) is 1.13. The zero-order chi connectivity index (χ0) is 6.69. The summed E-state index contributed by atoms with van der Waals surface area (Å²) < 4.78 is 12.9. The quantitative estimate of drug-likeness (QED) is 0.590. The second kappa shape index (κ2) is 2.68. The van der Waals surface area contributed by atoms with Crippen molar-refractivity contribution in [2.75, 3.05) is 0 Å². The van der Waals surface area contributed by atoms with E-state index >= 15 is 0 Å². The average Bonchev–Trinajstić information content (AvgIpc) is 2.33. The van der Waals surface area contributed by atoms with Crippen molar-refractivity contribution in [1.82, 2.24) is 3.97 Å².